The topological polar surface area (TPSA) is 34.4 Å². The van der Waals surface area contributed by atoms with Crippen molar-refractivity contribution in [3.05, 3.63) is 23.7 Å². The van der Waals surface area contributed by atoms with Crippen LogP contribution in [0, 0.1) is 0 Å². The summed E-state index contributed by atoms with van der Waals surface area (Å²) in [5, 5.41) is 3.06. The van der Waals surface area contributed by atoms with Crippen LogP contribution in [0.1, 0.15) is 32.1 Å². The molecule has 0 saturated carbocycles. The molecule has 1 aromatic heterocycles. The smallest absolute Gasteiger partial charge is 0.123 e. The first kappa shape index (κ1) is 11.3. The predicted molar refractivity (Wildman–Crippen MR) is 56.0 cm³/mol. The minimum Gasteiger partial charge on any atom is -0.468 e. The van der Waals surface area contributed by atoms with Crippen LogP contribution in [-0.2, 0) is 17.9 Å². The van der Waals surface area contributed by atoms with Gasteiger partial charge in [-0.1, -0.05) is 0 Å². The van der Waals surface area contributed by atoms with Gasteiger partial charge in [-0.25, -0.2) is 0 Å². The molecule has 0 amide bonds. The standard InChI is InChI=1S/C11H19NO2/c1-11(2,3)14-8-9-5-6-13-10(9)7-12-4/h5-6,12H,7-8H2,1-4H3. The Morgan fingerprint density at radius 3 is 2.71 bits per heavy atom. The Morgan fingerprint density at radius 1 is 1.43 bits per heavy atom. The fraction of sp³-hybridized carbons (Fsp3) is 0.636. The number of hydrogen-bond acceptors (Lipinski definition) is 3. The van der Waals surface area contributed by atoms with Gasteiger partial charge in [0.05, 0.1) is 25.0 Å². The minimum absolute atomic E-state index is 0.103. The molecule has 3 nitrogen and oxygen atoms in total. The molecule has 1 aromatic rings. The van der Waals surface area contributed by atoms with Crippen molar-refractivity contribution in [2.45, 2.75) is 39.5 Å². The fourth-order valence-corrected chi connectivity index (χ4v) is 1.11. The predicted octanol–water partition coefficient (Wildman–Crippen LogP) is 2.31. The van der Waals surface area contributed by atoms with E-state index in [0.29, 0.717) is 6.61 Å². The number of hydrogen-bond donors (Lipinski definition) is 1. The summed E-state index contributed by atoms with van der Waals surface area (Å²) in [6.07, 6.45) is 1.70. The SMILES string of the molecule is CNCc1occc1COC(C)(C)C. The average Bonchev–Trinajstić information content (AvgIpc) is 2.48. The second kappa shape index (κ2) is 4.62. The number of furan rings is 1. The summed E-state index contributed by atoms with van der Waals surface area (Å²) < 4.78 is 11.0. The van der Waals surface area contributed by atoms with Gasteiger partial charge >= 0.3 is 0 Å². The molecule has 0 aromatic carbocycles. The van der Waals surface area contributed by atoms with Gasteiger partial charge in [0.25, 0.3) is 0 Å². The molecule has 80 valence electrons. The van der Waals surface area contributed by atoms with Crippen molar-refractivity contribution >= 4 is 0 Å². The van der Waals surface area contributed by atoms with Crippen LogP contribution in [-0.4, -0.2) is 12.6 Å². The molecule has 0 atom stereocenters. The Bertz CT molecular complexity index is 273. The Balaban J connectivity index is 2.53. The fourth-order valence-electron chi connectivity index (χ4n) is 1.11. The first-order valence-corrected chi connectivity index (χ1v) is 4.87. The van der Waals surface area contributed by atoms with E-state index in [9.17, 15) is 0 Å². The van der Waals surface area contributed by atoms with Crippen LogP contribution < -0.4 is 5.32 Å². The molecule has 0 spiro atoms. The Kier molecular flexibility index (Phi) is 3.72. The van der Waals surface area contributed by atoms with Crippen LogP contribution in [0.15, 0.2) is 16.7 Å². The monoisotopic (exact) mass is 197 g/mol. The first-order chi connectivity index (χ1) is 6.53. The Labute approximate surface area is 85.4 Å². The van der Waals surface area contributed by atoms with Gasteiger partial charge in [-0.05, 0) is 33.9 Å². The van der Waals surface area contributed by atoms with E-state index in [1.807, 2.05) is 33.9 Å². The average molecular weight is 197 g/mol. The molecule has 0 unspecified atom stereocenters. The first-order valence-electron chi connectivity index (χ1n) is 4.87. The van der Waals surface area contributed by atoms with Crippen LogP contribution >= 0.6 is 0 Å². The molecule has 1 heterocycles. The second-order valence-electron chi connectivity index (χ2n) is 4.30. The molecule has 0 aliphatic rings. The molecule has 0 saturated heterocycles. The van der Waals surface area contributed by atoms with Crippen molar-refractivity contribution in [2.24, 2.45) is 0 Å². The Morgan fingerprint density at radius 2 is 2.14 bits per heavy atom. The summed E-state index contributed by atoms with van der Waals surface area (Å²) in [4.78, 5) is 0. The lowest BCUT2D eigenvalue weighted by molar-refractivity contribution is -0.0155. The normalized spacial score (nSPS) is 12.0. The van der Waals surface area contributed by atoms with Crippen LogP contribution in [0.5, 0.6) is 0 Å². The van der Waals surface area contributed by atoms with E-state index >= 15 is 0 Å². The lowest BCUT2D eigenvalue weighted by atomic mass is 10.2. The summed E-state index contributed by atoms with van der Waals surface area (Å²) in [5.74, 6) is 0.955. The van der Waals surface area contributed by atoms with E-state index < -0.39 is 0 Å². The third-order valence-corrected chi connectivity index (χ3v) is 1.84. The maximum atomic E-state index is 5.67. The summed E-state index contributed by atoms with van der Waals surface area (Å²) >= 11 is 0. The molecular weight excluding hydrogens is 178 g/mol. The second-order valence-corrected chi connectivity index (χ2v) is 4.30. The molecule has 1 N–H and O–H groups in total. The molecule has 14 heavy (non-hydrogen) atoms. The van der Waals surface area contributed by atoms with Crippen molar-refractivity contribution in [3.63, 3.8) is 0 Å². The zero-order chi connectivity index (χ0) is 10.6. The van der Waals surface area contributed by atoms with Crippen LogP contribution in [0.25, 0.3) is 0 Å². The zero-order valence-corrected chi connectivity index (χ0v) is 9.39. The zero-order valence-electron chi connectivity index (χ0n) is 9.39. The summed E-state index contributed by atoms with van der Waals surface area (Å²) in [5.41, 5.74) is 1.02. The van der Waals surface area contributed by atoms with Crippen LogP contribution in [0.2, 0.25) is 0 Å². The van der Waals surface area contributed by atoms with Gasteiger partial charge in [0, 0.05) is 5.56 Å². The highest BCUT2D eigenvalue weighted by Crippen LogP contribution is 2.16. The third-order valence-electron chi connectivity index (χ3n) is 1.84. The molecule has 0 aliphatic carbocycles. The highest BCUT2D eigenvalue weighted by atomic mass is 16.5. The molecular formula is C11H19NO2. The molecule has 0 radical (unpaired) electrons. The van der Waals surface area contributed by atoms with E-state index in [2.05, 4.69) is 5.32 Å². The molecule has 1 rings (SSSR count). The largest absolute Gasteiger partial charge is 0.468 e. The summed E-state index contributed by atoms with van der Waals surface area (Å²) in [6.45, 7) is 7.49. The lowest BCUT2D eigenvalue weighted by Crippen LogP contribution is -2.19. The van der Waals surface area contributed by atoms with E-state index in [4.69, 9.17) is 9.15 Å². The molecule has 0 bridgehead atoms. The van der Waals surface area contributed by atoms with Crippen molar-refractivity contribution in [2.75, 3.05) is 7.05 Å². The lowest BCUT2D eigenvalue weighted by Gasteiger charge is -2.19. The highest BCUT2D eigenvalue weighted by Gasteiger charge is 2.12. The maximum Gasteiger partial charge on any atom is 0.123 e. The van der Waals surface area contributed by atoms with Crippen LogP contribution in [0.4, 0.5) is 0 Å². The van der Waals surface area contributed by atoms with Crippen molar-refractivity contribution in [1.82, 2.24) is 5.32 Å². The summed E-state index contributed by atoms with van der Waals surface area (Å²) in [7, 11) is 1.90. The third kappa shape index (κ3) is 3.52. The molecule has 3 heteroatoms. The van der Waals surface area contributed by atoms with E-state index in [-0.39, 0.29) is 5.60 Å². The van der Waals surface area contributed by atoms with Crippen molar-refractivity contribution in [3.8, 4) is 0 Å². The van der Waals surface area contributed by atoms with Gasteiger partial charge in [0.2, 0.25) is 0 Å². The van der Waals surface area contributed by atoms with E-state index in [1.165, 1.54) is 0 Å². The van der Waals surface area contributed by atoms with Gasteiger partial charge in [0.15, 0.2) is 0 Å². The quantitative estimate of drug-likeness (QED) is 0.804. The minimum atomic E-state index is -0.103. The van der Waals surface area contributed by atoms with Gasteiger partial charge in [-0.3, -0.25) is 0 Å². The molecule has 0 aliphatic heterocycles. The van der Waals surface area contributed by atoms with E-state index in [0.717, 1.165) is 17.9 Å². The van der Waals surface area contributed by atoms with E-state index in [1.54, 1.807) is 6.26 Å². The number of ether oxygens (including phenoxy) is 1. The van der Waals surface area contributed by atoms with Crippen LogP contribution in [0.3, 0.4) is 0 Å². The Hall–Kier alpha value is -0.800. The number of nitrogens with one attached hydrogen (secondary N) is 1. The van der Waals surface area contributed by atoms with Crippen molar-refractivity contribution < 1.29 is 9.15 Å². The summed E-state index contributed by atoms with van der Waals surface area (Å²) in [6, 6.07) is 1.96. The van der Waals surface area contributed by atoms with Crippen molar-refractivity contribution in [1.29, 1.82) is 0 Å². The number of rotatable bonds is 4. The maximum absolute atomic E-state index is 5.67. The van der Waals surface area contributed by atoms with Gasteiger partial charge in [0.1, 0.15) is 5.76 Å². The van der Waals surface area contributed by atoms with Gasteiger partial charge in [-0.2, -0.15) is 0 Å². The molecule has 0 fully saturated rings. The van der Waals surface area contributed by atoms with Gasteiger partial charge < -0.3 is 14.5 Å². The van der Waals surface area contributed by atoms with Gasteiger partial charge in [-0.15, -0.1) is 0 Å². The highest BCUT2D eigenvalue weighted by molar-refractivity contribution is 5.15.